The minimum absolute atomic E-state index is 0.144. The number of hydrogen-bond acceptors (Lipinski definition) is 3. The van der Waals surface area contributed by atoms with Crippen LogP contribution in [-0.4, -0.2) is 22.3 Å². The molecule has 3 aromatic rings. The maximum Gasteiger partial charge on any atom is 0.280 e. The fourth-order valence-corrected chi connectivity index (χ4v) is 4.38. The summed E-state index contributed by atoms with van der Waals surface area (Å²) in [5.74, 6) is 0.285. The van der Waals surface area contributed by atoms with E-state index >= 15 is 0 Å². The number of halogens is 2. The van der Waals surface area contributed by atoms with Gasteiger partial charge in [-0.15, -0.1) is 0 Å². The monoisotopic (exact) mass is 456 g/mol. The van der Waals surface area contributed by atoms with Crippen molar-refractivity contribution in [3.05, 3.63) is 74.3 Å². The molecule has 5 rings (SSSR count). The van der Waals surface area contributed by atoms with Crippen LogP contribution < -0.4 is 0 Å². The molecule has 0 atom stereocenters. The molecule has 0 amide bonds. The first kappa shape index (κ1) is 18.1. The van der Waals surface area contributed by atoms with Gasteiger partial charge in [0.25, 0.3) is 5.91 Å². The van der Waals surface area contributed by atoms with E-state index in [9.17, 15) is 4.79 Å². The molecule has 2 aliphatic rings. The van der Waals surface area contributed by atoms with Crippen LogP contribution in [0.25, 0.3) is 11.3 Å². The number of ether oxygens (including phenoxy) is 1. The van der Waals surface area contributed by atoms with Gasteiger partial charge in [-0.1, -0.05) is 51.8 Å². The summed E-state index contributed by atoms with van der Waals surface area (Å²) in [5.41, 5.74) is 5.32. The Kier molecular flexibility index (Phi) is 4.62. The fraction of sp³-hybridized carbons (Fsp3) is 0.273. The second kappa shape index (κ2) is 7.14. The molecule has 2 aromatic carbocycles. The van der Waals surface area contributed by atoms with Gasteiger partial charge in [-0.3, -0.25) is 4.79 Å². The van der Waals surface area contributed by atoms with Crippen LogP contribution in [0.15, 0.2) is 46.9 Å². The van der Waals surface area contributed by atoms with E-state index in [1.54, 1.807) is 10.7 Å². The summed E-state index contributed by atoms with van der Waals surface area (Å²) in [6, 6.07) is 13.7. The first-order valence-electron chi connectivity index (χ1n) is 9.41. The molecule has 4 nitrogen and oxygen atoms in total. The normalized spacial score (nSPS) is 16.1. The lowest BCUT2D eigenvalue weighted by atomic mass is 10.0. The van der Waals surface area contributed by atoms with Gasteiger partial charge in [-0.2, -0.15) is 9.78 Å². The van der Waals surface area contributed by atoms with Gasteiger partial charge in [0.2, 0.25) is 0 Å². The van der Waals surface area contributed by atoms with Crippen molar-refractivity contribution < 1.29 is 9.53 Å². The maximum atomic E-state index is 13.6. The number of carbonyl (C=O) groups is 1. The zero-order valence-corrected chi connectivity index (χ0v) is 17.5. The molecule has 0 bridgehead atoms. The highest BCUT2D eigenvalue weighted by molar-refractivity contribution is 9.10. The van der Waals surface area contributed by atoms with Crippen molar-refractivity contribution in [3.8, 4) is 11.3 Å². The van der Waals surface area contributed by atoms with Crippen LogP contribution in [0, 0.1) is 0 Å². The number of nitrogens with zero attached hydrogens (tertiary/aromatic N) is 2. The van der Waals surface area contributed by atoms with Gasteiger partial charge >= 0.3 is 0 Å². The number of carbonyl (C=O) groups excluding carboxylic acids is 1. The number of rotatable bonds is 3. The highest BCUT2D eigenvalue weighted by atomic mass is 79.9. The summed E-state index contributed by atoms with van der Waals surface area (Å²) in [5, 5.41) is 5.24. The van der Waals surface area contributed by atoms with Gasteiger partial charge < -0.3 is 4.74 Å². The molecule has 6 heteroatoms. The topological polar surface area (TPSA) is 44.1 Å². The summed E-state index contributed by atoms with van der Waals surface area (Å²) in [6.45, 7) is 1.05. The molecule has 1 fully saturated rings. The van der Waals surface area contributed by atoms with Crippen LogP contribution in [0.2, 0.25) is 5.02 Å². The average molecular weight is 458 g/mol. The van der Waals surface area contributed by atoms with Crippen LogP contribution in [-0.2, 0) is 17.8 Å². The molecule has 0 unspecified atom stereocenters. The molecule has 142 valence electrons. The number of aromatic nitrogens is 2. The Morgan fingerprint density at radius 1 is 1.18 bits per heavy atom. The molecule has 0 radical (unpaired) electrons. The summed E-state index contributed by atoms with van der Waals surface area (Å²) in [4.78, 5) is 13.6. The van der Waals surface area contributed by atoms with Crippen molar-refractivity contribution in [2.24, 2.45) is 0 Å². The number of benzene rings is 2. The van der Waals surface area contributed by atoms with Gasteiger partial charge in [0.15, 0.2) is 0 Å². The van der Waals surface area contributed by atoms with E-state index in [2.05, 4.69) is 15.9 Å². The van der Waals surface area contributed by atoms with E-state index in [0.717, 1.165) is 45.4 Å². The zero-order valence-electron chi connectivity index (χ0n) is 15.1. The SMILES string of the molecule is O=C(c1c(Cl)cccc1C1CC1)n1nc(-c2ccc(Br)cc2)c2c1CCOC2. The molecule has 0 N–H and O–H groups in total. The Hall–Kier alpha value is -1.95. The van der Waals surface area contributed by atoms with Crippen molar-refractivity contribution in [3.63, 3.8) is 0 Å². The Bertz CT molecular complexity index is 1070. The molecule has 1 saturated carbocycles. The third-order valence-corrected chi connectivity index (χ3v) is 6.25. The lowest BCUT2D eigenvalue weighted by molar-refractivity contribution is 0.0915. The van der Waals surface area contributed by atoms with Gasteiger partial charge in [0.1, 0.15) is 0 Å². The van der Waals surface area contributed by atoms with Crippen molar-refractivity contribution in [1.82, 2.24) is 9.78 Å². The molecular weight excluding hydrogens is 440 g/mol. The maximum absolute atomic E-state index is 13.6. The summed E-state index contributed by atoms with van der Waals surface area (Å²) in [6.07, 6.45) is 2.87. The quantitative estimate of drug-likeness (QED) is 0.514. The lowest BCUT2D eigenvalue weighted by Crippen LogP contribution is -2.21. The number of fused-ring (bicyclic) bond motifs is 1. The molecule has 2 heterocycles. The lowest BCUT2D eigenvalue weighted by Gasteiger charge is -2.16. The summed E-state index contributed by atoms with van der Waals surface area (Å²) < 4.78 is 8.24. The van der Waals surface area contributed by atoms with Gasteiger partial charge in [0, 0.05) is 22.0 Å². The Labute approximate surface area is 176 Å². The molecule has 1 aromatic heterocycles. The molecular formula is C22H18BrClN2O2. The Balaban J connectivity index is 1.65. The van der Waals surface area contributed by atoms with E-state index in [-0.39, 0.29) is 5.91 Å². The van der Waals surface area contributed by atoms with Crippen molar-refractivity contribution in [2.45, 2.75) is 31.8 Å². The smallest absolute Gasteiger partial charge is 0.280 e. The standard InChI is InChI=1S/C22H18BrClN2O2/c23-15-8-6-14(7-9-15)21-17-12-28-11-10-19(17)26(25-21)22(27)20-16(13-4-5-13)2-1-3-18(20)24/h1-3,6-9,13H,4-5,10-12H2. The third kappa shape index (κ3) is 3.11. The highest BCUT2D eigenvalue weighted by Gasteiger charge is 2.32. The third-order valence-electron chi connectivity index (χ3n) is 5.41. The predicted molar refractivity (Wildman–Crippen MR) is 112 cm³/mol. The largest absolute Gasteiger partial charge is 0.376 e. The van der Waals surface area contributed by atoms with Crippen LogP contribution in [0.4, 0.5) is 0 Å². The Morgan fingerprint density at radius 2 is 1.96 bits per heavy atom. The average Bonchev–Trinajstić information content (AvgIpc) is 3.48. The number of hydrogen-bond donors (Lipinski definition) is 0. The van der Waals surface area contributed by atoms with E-state index in [1.165, 1.54) is 0 Å². The fourth-order valence-electron chi connectivity index (χ4n) is 3.85. The first-order valence-corrected chi connectivity index (χ1v) is 10.6. The van der Waals surface area contributed by atoms with Crippen molar-refractivity contribution in [2.75, 3.05) is 6.61 Å². The second-order valence-corrected chi connectivity index (χ2v) is 8.60. The van der Waals surface area contributed by atoms with Gasteiger partial charge in [-0.05, 0) is 42.5 Å². The first-order chi connectivity index (χ1) is 13.6. The summed E-state index contributed by atoms with van der Waals surface area (Å²) in [7, 11) is 0. The zero-order chi connectivity index (χ0) is 19.3. The molecule has 1 aliphatic heterocycles. The Morgan fingerprint density at radius 3 is 2.71 bits per heavy atom. The molecule has 0 saturated heterocycles. The van der Waals surface area contributed by atoms with Crippen molar-refractivity contribution in [1.29, 1.82) is 0 Å². The van der Waals surface area contributed by atoms with E-state index in [0.29, 0.717) is 36.1 Å². The van der Waals surface area contributed by atoms with E-state index < -0.39 is 0 Å². The van der Waals surface area contributed by atoms with Gasteiger partial charge in [0.05, 0.1) is 35.2 Å². The second-order valence-electron chi connectivity index (χ2n) is 7.28. The van der Waals surface area contributed by atoms with Crippen LogP contribution in [0.5, 0.6) is 0 Å². The van der Waals surface area contributed by atoms with Crippen molar-refractivity contribution >= 4 is 33.4 Å². The molecule has 28 heavy (non-hydrogen) atoms. The van der Waals surface area contributed by atoms with E-state index in [1.807, 2.05) is 36.4 Å². The minimum Gasteiger partial charge on any atom is -0.376 e. The van der Waals surface area contributed by atoms with Gasteiger partial charge in [-0.25, -0.2) is 0 Å². The van der Waals surface area contributed by atoms with E-state index in [4.69, 9.17) is 21.4 Å². The van der Waals surface area contributed by atoms with Crippen LogP contribution >= 0.6 is 27.5 Å². The molecule has 1 aliphatic carbocycles. The summed E-state index contributed by atoms with van der Waals surface area (Å²) >= 11 is 9.95. The van der Waals surface area contributed by atoms with Crippen LogP contribution in [0.1, 0.15) is 45.9 Å². The highest BCUT2D eigenvalue weighted by Crippen LogP contribution is 2.43. The van der Waals surface area contributed by atoms with Crippen LogP contribution in [0.3, 0.4) is 0 Å². The minimum atomic E-state index is -0.144. The molecule has 0 spiro atoms. The predicted octanol–water partition coefficient (Wildman–Crippen LogP) is 5.60.